The third kappa shape index (κ3) is 4.07. The zero-order valence-corrected chi connectivity index (χ0v) is 16.6. The second-order valence-corrected chi connectivity index (χ2v) is 7.72. The van der Waals surface area contributed by atoms with Gasteiger partial charge in [0.1, 0.15) is 5.52 Å². The van der Waals surface area contributed by atoms with E-state index in [2.05, 4.69) is 39.6 Å². The van der Waals surface area contributed by atoms with E-state index in [1.807, 2.05) is 35.9 Å². The number of aryl methyl sites for hydroxylation is 1. The van der Waals surface area contributed by atoms with Gasteiger partial charge in [-0.2, -0.15) is 0 Å². The molecule has 1 fully saturated rings. The highest BCUT2D eigenvalue weighted by Gasteiger charge is 2.15. The Hall–Kier alpha value is -2.73. The summed E-state index contributed by atoms with van der Waals surface area (Å²) in [5.41, 5.74) is 4.35. The van der Waals surface area contributed by atoms with Gasteiger partial charge >= 0.3 is 0 Å². The minimum Gasteiger partial charge on any atom is -0.322 e. The average Bonchev–Trinajstić information content (AvgIpc) is 3.13. The van der Waals surface area contributed by atoms with Gasteiger partial charge in [-0.15, -0.1) is 5.10 Å². The molecule has 0 atom stereocenters. The van der Waals surface area contributed by atoms with Crippen molar-refractivity contribution in [2.45, 2.75) is 39.8 Å². The van der Waals surface area contributed by atoms with E-state index in [0.29, 0.717) is 5.56 Å². The second-order valence-electron chi connectivity index (χ2n) is 7.72. The smallest absolute Gasteiger partial charge is 0.255 e. The predicted molar refractivity (Wildman–Crippen MR) is 111 cm³/mol. The maximum absolute atomic E-state index is 12.6. The Balaban J connectivity index is 1.39. The third-order valence-corrected chi connectivity index (χ3v) is 5.57. The number of amides is 1. The molecule has 0 spiro atoms. The van der Waals surface area contributed by atoms with Crippen molar-refractivity contribution in [2.24, 2.45) is 5.92 Å². The molecule has 1 amide bonds. The number of nitrogens with one attached hydrogen (secondary N) is 1. The number of piperidine rings is 1. The van der Waals surface area contributed by atoms with Gasteiger partial charge in [-0.25, -0.2) is 4.68 Å². The van der Waals surface area contributed by atoms with Crippen molar-refractivity contribution in [3.63, 3.8) is 0 Å². The number of likely N-dealkylation sites (tertiary alicyclic amines) is 1. The molecule has 0 saturated carbocycles. The van der Waals surface area contributed by atoms with Crippen molar-refractivity contribution in [3.05, 3.63) is 53.6 Å². The topological polar surface area (TPSA) is 63.1 Å². The summed E-state index contributed by atoms with van der Waals surface area (Å²) in [5, 5.41) is 11.2. The summed E-state index contributed by atoms with van der Waals surface area (Å²) in [6.45, 7) is 8.42. The number of carbonyl (C=O) groups excluding carboxylic acids is 1. The summed E-state index contributed by atoms with van der Waals surface area (Å²) in [6.07, 6.45) is 2.56. The molecule has 146 valence electrons. The first-order chi connectivity index (χ1) is 13.6. The number of rotatable bonds is 5. The largest absolute Gasteiger partial charge is 0.322 e. The Morgan fingerprint density at radius 2 is 1.89 bits per heavy atom. The van der Waals surface area contributed by atoms with E-state index in [1.165, 1.54) is 31.5 Å². The lowest BCUT2D eigenvalue weighted by molar-refractivity contribution is 0.102. The lowest BCUT2D eigenvalue weighted by atomic mass is 9.99. The molecule has 28 heavy (non-hydrogen) atoms. The molecule has 0 unspecified atom stereocenters. The lowest BCUT2D eigenvalue weighted by Gasteiger charge is -2.30. The van der Waals surface area contributed by atoms with Crippen LogP contribution in [0.2, 0.25) is 0 Å². The quantitative estimate of drug-likeness (QED) is 0.732. The second kappa shape index (κ2) is 8.10. The molecule has 6 nitrogen and oxygen atoms in total. The van der Waals surface area contributed by atoms with Crippen LogP contribution in [0.25, 0.3) is 11.0 Å². The van der Waals surface area contributed by atoms with Crippen LogP contribution in [0, 0.1) is 5.92 Å². The van der Waals surface area contributed by atoms with Crippen molar-refractivity contribution in [2.75, 3.05) is 18.4 Å². The Labute approximate surface area is 165 Å². The van der Waals surface area contributed by atoms with Crippen LogP contribution >= 0.6 is 0 Å². The molecule has 2 heterocycles. The standard InChI is InChI=1S/C22H27N5O/c1-3-27-21-9-6-18(14-20(21)24-25-27)22(28)23-19-7-4-17(5-8-19)15-26-12-10-16(2)11-13-26/h4-9,14,16H,3,10-13,15H2,1-2H3,(H,23,28). The summed E-state index contributed by atoms with van der Waals surface area (Å²) < 4.78 is 1.82. The van der Waals surface area contributed by atoms with Crippen LogP contribution in [0.4, 0.5) is 5.69 Å². The van der Waals surface area contributed by atoms with Crippen molar-refractivity contribution in [1.82, 2.24) is 19.9 Å². The Bertz CT molecular complexity index is 955. The molecule has 2 aromatic carbocycles. The molecule has 0 aliphatic carbocycles. The Morgan fingerprint density at radius 1 is 1.14 bits per heavy atom. The molecule has 3 aromatic rings. The molecule has 1 aromatic heterocycles. The fraction of sp³-hybridized carbons (Fsp3) is 0.409. The first kappa shape index (κ1) is 18.6. The summed E-state index contributed by atoms with van der Waals surface area (Å²) in [7, 11) is 0. The van der Waals surface area contributed by atoms with Crippen LogP contribution in [0.3, 0.4) is 0 Å². The van der Waals surface area contributed by atoms with Gasteiger partial charge in [-0.3, -0.25) is 9.69 Å². The van der Waals surface area contributed by atoms with Crippen molar-refractivity contribution in [3.8, 4) is 0 Å². The van der Waals surface area contributed by atoms with Gasteiger partial charge in [0.25, 0.3) is 5.91 Å². The number of benzene rings is 2. The Morgan fingerprint density at radius 3 is 2.61 bits per heavy atom. The summed E-state index contributed by atoms with van der Waals surface area (Å²) in [5.74, 6) is 0.713. The molecule has 1 N–H and O–H groups in total. The van der Waals surface area contributed by atoms with Gasteiger partial charge in [0.2, 0.25) is 0 Å². The normalized spacial score (nSPS) is 15.8. The molecule has 1 saturated heterocycles. The molecular formula is C22H27N5O. The first-order valence-corrected chi connectivity index (χ1v) is 10.1. The maximum Gasteiger partial charge on any atom is 0.255 e. The highest BCUT2D eigenvalue weighted by atomic mass is 16.1. The van der Waals surface area contributed by atoms with E-state index in [1.54, 1.807) is 6.07 Å². The number of fused-ring (bicyclic) bond motifs is 1. The fourth-order valence-electron chi connectivity index (χ4n) is 3.72. The highest BCUT2D eigenvalue weighted by molar-refractivity contribution is 6.05. The fourth-order valence-corrected chi connectivity index (χ4v) is 3.72. The summed E-state index contributed by atoms with van der Waals surface area (Å²) in [6, 6.07) is 13.7. The molecule has 4 rings (SSSR count). The average molecular weight is 377 g/mol. The van der Waals surface area contributed by atoms with Crippen molar-refractivity contribution >= 4 is 22.6 Å². The lowest BCUT2D eigenvalue weighted by Crippen LogP contribution is -2.32. The van der Waals surface area contributed by atoms with Crippen LogP contribution < -0.4 is 5.32 Å². The van der Waals surface area contributed by atoms with E-state index in [0.717, 1.165) is 35.7 Å². The van der Waals surface area contributed by atoms with Gasteiger partial charge in [-0.1, -0.05) is 24.3 Å². The van der Waals surface area contributed by atoms with E-state index in [-0.39, 0.29) is 5.91 Å². The van der Waals surface area contributed by atoms with E-state index in [9.17, 15) is 4.79 Å². The maximum atomic E-state index is 12.6. The van der Waals surface area contributed by atoms with Gasteiger partial charge < -0.3 is 5.32 Å². The van der Waals surface area contributed by atoms with Crippen molar-refractivity contribution < 1.29 is 4.79 Å². The molecule has 0 bridgehead atoms. The van der Waals surface area contributed by atoms with Crippen LogP contribution in [0.1, 0.15) is 42.6 Å². The number of hydrogen-bond acceptors (Lipinski definition) is 4. The first-order valence-electron chi connectivity index (χ1n) is 10.1. The van der Waals surface area contributed by atoms with Crippen LogP contribution in [-0.4, -0.2) is 38.9 Å². The van der Waals surface area contributed by atoms with E-state index in [4.69, 9.17) is 0 Å². The number of nitrogens with zero attached hydrogens (tertiary/aromatic N) is 4. The third-order valence-electron chi connectivity index (χ3n) is 5.57. The molecule has 1 aliphatic rings. The van der Waals surface area contributed by atoms with Gasteiger partial charge in [-0.05, 0) is 74.7 Å². The molecule has 6 heteroatoms. The van der Waals surface area contributed by atoms with Crippen molar-refractivity contribution in [1.29, 1.82) is 0 Å². The zero-order valence-electron chi connectivity index (χ0n) is 16.6. The monoisotopic (exact) mass is 377 g/mol. The number of aromatic nitrogens is 3. The van der Waals surface area contributed by atoms with Gasteiger partial charge in [0, 0.05) is 24.3 Å². The molecule has 0 radical (unpaired) electrons. The van der Waals surface area contributed by atoms with Gasteiger partial charge in [0.05, 0.1) is 5.52 Å². The number of hydrogen-bond donors (Lipinski definition) is 1. The number of anilines is 1. The van der Waals surface area contributed by atoms with Crippen LogP contribution in [-0.2, 0) is 13.1 Å². The number of carbonyl (C=O) groups is 1. The predicted octanol–water partition coefficient (Wildman–Crippen LogP) is 3.94. The minimum absolute atomic E-state index is 0.134. The Kier molecular flexibility index (Phi) is 5.39. The molecular weight excluding hydrogens is 350 g/mol. The van der Waals surface area contributed by atoms with E-state index >= 15 is 0 Å². The van der Waals surface area contributed by atoms with Crippen LogP contribution in [0.5, 0.6) is 0 Å². The summed E-state index contributed by atoms with van der Waals surface area (Å²) in [4.78, 5) is 15.1. The summed E-state index contributed by atoms with van der Waals surface area (Å²) >= 11 is 0. The zero-order chi connectivity index (χ0) is 19.5. The molecule has 1 aliphatic heterocycles. The highest BCUT2D eigenvalue weighted by Crippen LogP contribution is 2.20. The van der Waals surface area contributed by atoms with E-state index < -0.39 is 0 Å². The minimum atomic E-state index is -0.134. The van der Waals surface area contributed by atoms with Gasteiger partial charge in [0.15, 0.2) is 0 Å². The SMILES string of the molecule is CCn1nnc2cc(C(=O)Nc3ccc(CN4CCC(C)CC4)cc3)ccc21. The van der Waals surface area contributed by atoms with Crippen LogP contribution in [0.15, 0.2) is 42.5 Å².